The Balaban J connectivity index is 2.10. The molecule has 1 aromatic heterocycles. The van der Waals surface area contributed by atoms with Gasteiger partial charge in [0, 0.05) is 23.9 Å². The summed E-state index contributed by atoms with van der Waals surface area (Å²) in [6, 6.07) is 7.02. The van der Waals surface area contributed by atoms with Crippen molar-refractivity contribution in [2.24, 2.45) is 0 Å². The van der Waals surface area contributed by atoms with Gasteiger partial charge in [-0.15, -0.1) is 0 Å². The highest BCUT2D eigenvalue weighted by atomic mass is 16.2. The van der Waals surface area contributed by atoms with Gasteiger partial charge >= 0.3 is 0 Å². The number of hydrogen-bond acceptors (Lipinski definition) is 3. The molecule has 5 heteroatoms. The van der Waals surface area contributed by atoms with E-state index in [9.17, 15) is 4.79 Å². The molecule has 0 radical (unpaired) electrons. The van der Waals surface area contributed by atoms with Crippen LogP contribution in [0.1, 0.15) is 21.5 Å². The molecule has 1 aromatic carbocycles. The van der Waals surface area contributed by atoms with Crippen molar-refractivity contribution in [3.05, 3.63) is 53.3 Å². The fourth-order valence-corrected chi connectivity index (χ4v) is 1.58. The van der Waals surface area contributed by atoms with Crippen LogP contribution in [0.5, 0.6) is 0 Å². The van der Waals surface area contributed by atoms with Gasteiger partial charge in [0.15, 0.2) is 0 Å². The largest absolute Gasteiger partial charge is 0.384 e. The number of amides is 1. The molecule has 3 N–H and O–H groups in total. The van der Waals surface area contributed by atoms with Crippen molar-refractivity contribution in [2.75, 3.05) is 6.61 Å². The Hall–Kier alpha value is -2.58. The average molecular weight is 255 g/mol. The lowest BCUT2D eigenvalue weighted by molar-refractivity contribution is 0.0950. The zero-order valence-electron chi connectivity index (χ0n) is 10.2. The molecule has 0 spiro atoms. The summed E-state index contributed by atoms with van der Waals surface area (Å²) in [5.74, 6) is 5.09. The van der Waals surface area contributed by atoms with Crippen LogP contribution in [0.4, 0.5) is 0 Å². The number of H-pyrrole nitrogens is 1. The van der Waals surface area contributed by atoms with Crippen LogP contribution in [-0.2, 0) is 6.54 Å². The van der Waals surface area contributed by atoms with E-state index in [-0.39, 0.29) is 12.5 Å². The van der Waals surface area contributed by atoms with E-state index in [1.54, 1.807) is 36.7 Å². The molecule has 0 saturated heterocycles. The summed E-state index contributed by atoms with van der Waals surface area (Å²) in [6.45, 7) is 0.169. The average Bonchev–Trinajstić information content (AvgIpc) is 2.96. The third-order valence-corrected chi connectivity index (χ3v) is 2.48. The fraction of sp³-hybridized carbons (Fsp3) is 0.143. The highest BCUT2D eigenvalue weighted by Gasteiger charge is 2.09. The molecule has 0 bridgehead atoms. The molecular formula is C14H13N3O2. The highest BCUT2D eigenvalue weighted by Crippen LogP contribution is 2.07. The molecule has 2 rings (SSSR count). The quantitative estimate of drug-likeness (QED) is 0.706. The van der Waals surface area contributed by atoms with Gasteiger partial charge in [-0.2, -0.15) is 5.10 Å². The summed E-state index contributed by atoms with van der Waals surface area (Å²) in [4.78, 5) is 12.1. The number of carbonyl (C=O) groups excluding carboxylic acids is 1. The van der Waals surface area contributed by atoms with Crippen LogP contribution in [0.3, 0.4) is 0 Å². The van der Waals surface area contributed by atoms with Crippen molar-refractivity contribution < 1.29 is 9.90 Å². The van der Waals surface area contributed by atoms with Gasteiger partial charge in [0.1, 0.15) is 6.61 Å². The van der Waals surface area contributed by atoms with Crippen LogP contribution < -0.4 is 5.32 Å². The maximum Gasteiger partial charge on any atom is 0.252 e. The number of nitrogens with one attached hydrogen (secondary N) is 2. The first-order valence-electron chi connectivity index (χ1n) is 5.76. The van der Waals surface area contributed by atoms with Crippen molar-refractivity contribution in [3.63, 3.8) is 0 Å². The van der Waals surface area contributed by atoms with Crippen molar-refractivity contribution >= 4 is 5.91 Å². The van der Waals surface area contributed by atoms with Gasteiger partial charge in [-0.1, -0.05) is 24.0 Å². The summed E-state index contributed by atoms with van der Waals surface area (Å²) in [5.41, 5.74) is 1.99. The molecule has 0 fully saturated rings. The molecule has 1 amide bonds. The van der Waals surface area contributed by atoms with Gasteiger partial charge in [-0.3, -0.25) is 9.89 Å². The first-order valence-corrected chi connectivity index (χ1v) is 5.76. The first-order chi connectivity index (χ1) is 9.31. The highest BCUT2D eigenvalue weighted by molar-refractivity contribution is 5.96. The van der Waals surface area contributed by atoms with Gasteiger partial charge in [0.05, 0.1) is 11.8 Å². The zero-order chi connectivity index (χ0) is 13.5. The van der Waals surface area contributed by atoms with Crippen molar-refractivity contribution in [3.8, 4) is 11.8 Å². The third-order valence-electron chi connectivity index (χ3n) is 2.48. The van der Waals surface area contributed by atoms with Crippen LogP contribution >= 0.6 is 0 Å². The first kappa shape index (κ1) is 12.9. The normalized spacial score (nSPS) is 9.53. The lowest BCUT2D eigenvalue weighted by atomic mass is 10.1. The van der Waals surface area contributed by atoms with E-state index >= 15 is 0 Å². The third kappa shape index (κ3) is 3.44. The Morgan fingerprint density at radius 3 is 3.00 bits per heavy atom. The molecule has 19 heavy (non-hydrogen) atoms. The second-order valence-electron chi connectivity index (χ2n) is 3.79. The van der Waals surface area contributed by atoms with E-state index in [4.69, 9.17) is 5.11 Å². The predicted molar refractivity (Wildman–Crippen MR) is 70.2 cm³/mol. The Morgan fingerprint density at radius 1 is 1.42 bits per heavy atom. The number of aliphatic hydroxyl groups excluding tert-OH is 1. The minimum absolute atomic E-state index is 0.205. The monoisotopic (exact) mass is 255 g/mol. The number of carbonyl (C=O) groups is 1. The van der Waals surface area contributed by atoms with Crippen molar-refractivity contribution in [2.45, 2.75) is 6.54 Å². The summed E-state index contributed by atoms with van der Waals surface area (Å²) in [5, 5.41) is 18.0. The van der Waals surface area contributed by atoms with Gasteiger partial charge in [0.25, 0.3) is 5.91 Å². The predicted octanol–water partition coefficient (Wildman–Crippen LogP) is 0.683. The number of rotatable bonds is 3. The molecule has 2 aromatic rings. The van der Waals surface area contributed by atoms with Gasteiger partial charge in [0.2, 0.25) is 0 Å². The fourth-order valence-electron chi connectivity index (χ4n) is 1.58. The van der Waals surface area contributed by atoms with Gasteiger partial charge < -0.3 is 10.4 Å². The minimum Gasteiger partial charge on any atom is -0.384 e. The lowest BCUT2D eigenvalue weighted by Gasteiger charge is -2.05. The Kier molecular flexibility index (Phi) is 4.32. The SMILES string of the molecule is O=C(NCc1cn[nH]c1)c1ccccc1C#CCO. The second-order valence-corrected chi connectivity index (χ2v) is 3.79. The molecule has 5 nitrogen and oxygen atoms in total. The standard InChI is InChI=1S/C14H13N3O2/c18-7-3-5-12-4-1-2-6-13(12)14(19)15-8-11-9-16-17-10-11/h1-2,4,6,9-10,18H,7-8H2,(H,15,19)(H,16,17). The van der Waals surface area contributed by atoms with Crippen LogP contribution in [-0.4, -0.2) is 27.8 Å². The maximum atomic E-state index is 12.1. The number of hydrogen-bond donors (Lipinski definition) is 3. The smallest absolute Gasteiger partial charge is 0.252 e. The van der Waals surface area contributed by atoms with Crippen LogP contribution in [0, 0.1) is 11.8 Å². The Bertz CT molecular complexity index is 609. The number of benzene rings is 1. The van der Waals surface area contributed by atoms with Crippen molar-refractivity contribution in [1.29, 1.82) is 0 Å². The van der Waals surface area contributed by atoms with Gasteiger partial charge in [-0.25, -0.2) is 0 Å². The summed E-state index contributed by atoms with van der Waals surface area (Å²) >= 11 is 0. The number of aromatic nitrogens is 2. The number of aromatic amines is 1. The molecule has 0 aliphatic heterocycles. The Labute approximate surface area is 110 Å². The van der Waals surface area contributed by atoms with Crippen LogP contribution in [0.15, 0.2) is 36.7 Å². The van der Waals surface area contributed by atoms with E-state index in [0.29, 0.717) is 17.7 Å². The molecule has 0 saturated carbocycles. The molecular weight excluding hydrogens is 242 g/mol. The molecule has 96 valence electrons. The number of nitrogens with zero attached hydrogens (tertiary/aromatic N) is 1. The molecule has 0 aliphatic carbocycles. The van der Waals surface area contributed by atoms with E-state index in [0.717, 1.165) is 5.56 Å². The maximum absolute atomic E-state index is 12.1. The molecule has 0 aliphatic rings. The lowest BCUT2D eigenvalue weighted by Crippen LogP contribution is -2.23. The summed E-state index contributed by atoms with van der Waals surface area (Å²) in [6.07, 6.45) is 3.37. The van der Waals surface area contributed by atoms with E-state index in [1.165, 1.54) is 0 Å². The summed E-state index contributed by atoms with van der Waals surface area (Å²) in [7, 11) is 0. The minimum atomic E-state index is -0.231. The molecule has 0 atom stereocenters. The van der Waals surface area contributed by atoms with Crippen molar-refractivity contribution in [1.82, 2.24) is 15.5 Å². The van der Waals surface area contributed by atoms with E-state index in [1.807, 2.05) is 0 Å². The zero-order valence-corrected chi connectivity index (χ0v) is 10.2. The number of aliphatic hydroxyl groups is 1. The Morgan fingerprint density at radius 2 is 2.26 bits per heavy atom. The van der Waals surface area contributed by atoms with Gasteiger partial charge in [-0.05, 0) is 12.1 Å². The molecule has 1 heterocycles. The topological polar surface area (TPSA) is 78.0 Å². The molecule has 0 unspecified atom stereocenters. The summed E-state index contributed by atoms with van der Waals surface area (Å²) < 4.78 is 0. The van der Waals surface area contributed by atoms with E-state index in [2.05, 4.69) is 27.4 Å². The van der Waals surface area contributed by atoms with Crippen LogP contribution in [0.2, 0.25) is 0 Å². The van der Waals surface area contributed by atoms with E-state index < -0.39 is 0 Å². The second kappa shape index (κ2) is 6.38. The van der Waals surface area contributed by atoms with Crippen LogP contribution in [0.25, 0.3) is 0 Å².